The number of nitrogens with one attached hydrogen (secondary N) is 1. The van der Waals surface area contributed by atoms with Crippen LogP contribution in [0.4, 0.5) is 4.39 Å². The maximum absolute atomic E-state index is 12.9. The Morgan fingerprint density at radius 3 is 2.50 bits per heavy atom. The summed E-state index contributed by atoms with van der Waals surface area (Å²) in [4.78, 5) is 0. The van der Waals surface area contributed by atoms with Crippen molar-refractivity contribution in [3.8, 4) is 5.75 Å². The first-order valence-electron chi connectivity index (χ1n) is 4.75. The van der Waals surface area contributed by atoms with Crippen LogP contribution >= 0.6 is 0 Å². The molecule has 1 aromatic rings. The molecule has 2 nitrogen and oxygen atoms in total. The molecule has 0 aliphatic carbocycles. The molecule has 0 bridgehead atoms. The molecule has 0 spiro atoms. The monoisotopic (exact) mass is 197 g/mol. The average Bonchev–Trinajstić information content (AvgIpc) is 2.08. The van der Waals surface area contributed by atoms with Crippen LogP contribution < -0.4 is 5.32 Å². The molecule has 0 heterocycles. The third-order valence-corrected chi connectivity index (χ3v) is 2.04. The Morgan fingerprint density at radius 1 is 1.29 bits per heavy atom. The van der Waals surface area contributed by atoms with Gasteiger partial charge in [-0.1, -0.05) is 13.8 Å². The van der Waals surface area contributed by atoms with Crippen molar-refractivity contribution in [1.82, 2.24) is 5.32 Å². The van der Waals surface area contributed by atoms with Crippen LogP contribution in [0.1, 0.15) is 32.4 Å². The van der Waals surface area contributed by atoms with E-state index in [2.05, 4.69) is 5.32 Å². The summed E-state index contributed by atoms with van der Waals surface area (Å²) in [5.74, 6) is -0.192. The number of rotatable bonds is 3. The van der Waals surface area contributed by atoms with Crippen molar-refractivity contribution in [1.29, 1.82) is 0 Å². The van der Waals surface area contributed by atoms with Crippen LogP contribution in [0.5, 0.6) is 5.75 Å². The Hall–Kier alpha value is -1.09. The van der Waals surface area contributed by atoms with E-state index in [1.165, 1.54) is 18.2 Å². The molecule has 3 heteroatoms. The van der Waals surface area contributed by atoms with Crippen molar-refractivity contribution >= 4 is 0 Å². The van der Waals surface area contributed by atoms with Gasteiger partial charge in [0.25, 0.3) is 0 Å². The number of hydrogen-bond donors (Lipinski definition) is 2. The minimum atomic E-state index is -0.324. The number of phenols is 1. The molecule has 0 fully saturated rings. The maximum Gasteiger partial charge on any atom is 0.123 e. The third kappa shape index (κ3) is 2.70. The molecule has 0 radical (unpaired) electrons. The van der Waals surface area contributed by atoms with Crippen LogP contribution in [-0.4, -0.2) is 11.1 Å². The topological polar surface area (TPSA) is 32.3 Å². The van der Waals surface area contributed by atoms with Gasteiger partial charge >= 0.3 is 0 Å². The summed E-state index contributed by atoms with van der Waals surface area (Å²) in [6.07, 6.45) is 0. The molecule has 0 aliphatic heterocycles. The van der Waals surface area contributed by atoms with E-state index in [1.807, 2.05) is 20.8 Å². The molecule has 1 rings (SSSR count). The van der Waals surface area contributed by atoms with E-state index in [-0.39, 0.29) is 17.6 Å². The SMILES string of the molecule is CC(C)N[C@H](C)c1cc(F)ccc1O. The molecule has 0 aliphatic rings. The molecule has 1 atom stereocenters. The fraction of sp³-hybridized carbons (Fsp3) is 0.455. The first kappa shape index (κ1) is 11.0. The number of halogens is 1. The van der Waals surface area contributed by atoms with E-state index in [4.69, 9.17) is 0 Å². The lowest BCUT2D eigenvalue weighted by Gasteiger charge is -2.18. The summed E-state index contributed by atoms with van der Waals surface area (Å²) in [6.45, 7) is 5.91. The summed E-state index contributed by atoms with van der Waals surface area (Å²) >= 11 is 0. The number of phenolic OH excluding ortho intramolecular Hbond substituents is 1. The highest BCUT2D eigenvalue weighted by molar-refractivity contribution is 5.34. The normalized spacial score (nSPS) is 13.2. The minimum Gasteiger partial charge on any atom is -0.508 e. The highest BCUT2D eigenvalue weighted by Crippen LogP contribution is 2.24. The smallest absolute Gasteiger partial charge is 0.123 e. The van der Waals surface area contributed by atoms with E-state index in [0.29, 0.717) is 11.6 Å². The molecule has 0 aromatic heterocycles. The summed E-state index contributed by atoms with van der Waals surface area (Å²) in [6, 6.07) is 4.23. The summed E-state index contributed by atoms with van der Waals surface area (Å²) in [7, 11) is 0. The molecule has 0 saturated heterocycles. The van der Waals surface area contributed by atoms with Crippen LogP contribution in [0.3, 0.4) is 0 Å². The molecule has 0 saturated carbocycles. The lowest BCUT2D eigenvalue weighted by molar-refractivity contribution is 0.438. The zero-order chi connectivity index (χ0) is 10.7. The van der Waals surface area contributed by atoms with Crippen molar-refractivity contribution in [3.63, 3.8) is 0 Å². The van der Waals surface area contributed by atoms with Gasteiger partial charge in [-0.2, -0.15) is 0 Å². The van der Waals surface area contributed by atoms with Gasteiger partial charge in [-0.15, -0.1) is 0 Å². The zero-order valence-corrected chi connectivity index (χ0v) is 8.71. The van der Waals surface area contributed by atoms with Gasteiger partial charge in [0.15, 0.2) is 0 Å². The second-order valence-electron chi connectivity index (χ2n) is 3.75. The summed E-state index contributed by atoms with van der Waals surface area (Å²) in [5, 5.41) is 12.7. The fourth-order valence-corrected chi connectivity index (χ4v) is 1.46. The molecular weight excluding hydrogens is 181 g/mol. The summed E-state index contributed by atoms with van der Waals surface area (Å²) < 4.78 is 12.9. The number of aromatic hydroxyl groups is 1. The Labute approximate surface area is 83.8 Å². The van der Waals surface area contributed by atoms with E-state index >= 15 is 0 Å². The van der Waals surface area contributed by atoms with Crippen molar-refractivity contribution < 1.29 is 9.50 Å². The van der Waals surface area contributed by atoms with Crippen LogP contribution in [0, 0.1) is 5.82 Å². The van der Waals surface area contributed by atoms with Crippen LogP contribution in [0.25, 0.3) is 0 Å². The Kier molecular flexibility index (Phi) is 3.47. The minimum absolute atomic E-state index is 0.0503. The molecule has 0 unspecified atom stereocenters. The van der Waals surface area contributed by atoms with Gasteiger partial charge in [0, 0.05) is 17.6 Å². The van der Waals surface area contributed by atoms with Gasteiger partial charge < -0.3 is 10.4 Å². The van der Waals surface area contributed by atoms with Crippen molar-refractivity contribution in [3.05, 3.63) is 29.6 Å². The van der Waals surface area contributed by atoms with Crippen LogP contribution in [0.15, 0.2) is 18.2 Å². The Balaban J connectivity index is 2.88. The average molecular weight is 197 g/mol. The van der Waals surface area contributed by atoms with Crippen molar-refractivity contribution in [2.75, 3.05) is 0 Å². The highest BCUT2D eigenvalue weighted by atomic mass is 19.1. The van der Waals surface area contributed by atoms with E-state index in [1.54, 1.807) is 0 Å². The molecule has 78 valence electrons. The first-order valence-corrected chi connectivity index (χ1v) is 4.75. The van der Waals surface area contributed by atoms with E-state index in [0.717, 1.165) is 0 Å². The van der Waals surface area contributed by atoms with Gasteiger partial charge in [-0.05, 0) is 25.1 Å². The number of benzene rings is 1. The van der Waals surface area contributed by atoms with Gasteiger partial charge in [0.2, 0.25) is 0 Å². The predicted molar refractivity (Wildman–Crippen MR) is 54.8 cm³/mol. The standard InChI is InChI=1S/C11H16FNO/c1-7(2)13-8(3)10-6-9(12)4-5-11(10)14/h4-8,13-14H,1-3H3/t8-/m1/s1. The van der Waals surface area contributed by atoms with Gasteiger partial charge in [-0.3, -0.25) is 0 Å². The molecular formula is C11H16FNO. The lowest BCUT2D eigenvalue weighted by Crippen LogP contribution is -2.26. The summed E-state index contributed by atoms with van der Waals surface area (Å²) in [5.41, 5.74) is 0.596. The Bertz CT molecular complexity index is 312. The molecule has 2 N–H and O–H groups in total. The Morgan fingerprint density at radius 2 is 1.93 bits per heavy atom. The van der Waals surface area contributed by atoms with Crippen LogP contribution in [-0.2, 0) is 0 Å². The fourth-order valence-electron chi connectivity index (χ4n) is 1.46. The molecule has 14 heavy (non-hydrogen) atoms. The second kappa shape index (κ2) is 4.42. The van der Waals surface area contributed by atoms with Crippen LogP contribution in [0.2, 0.25) is 0 Å². The first-order chi connectivity index (χ1) is 6.50. The zero-order valence-electron chi connectivity index (χ0n) is 8.71. The number of hydrogen-bond acceptors (Lipinski definition) is 2. The van der Waals surface area contributed by atoms with E-state index in [9.17, 15) is 9.50 Å². The maximum atomic E-state index is 12.9. The third-order valence-electron chi connectivity index (χ3n) is 2.04. The lowest BCUT2D eigenvalue weighted by atomic mass is 10.1. The second-order valence-corrected chi connectivity index (χ2v) is 3.75. The van der Waals surface area contributed by atoms with Crippen molar-refractivity contribution in [2.45, 2.75) is 32.9 Å². The predicted octanol–water partition coefficient (Wildman–Crippen LogP) is 2.59. The largest absolute Gasteiger partial charge is 0.508 e. The van der Waals surface area contributed by atoms with Gasteiger partial charge in [0.05, 0.1) is 0 Å². The van der Waals surface area contributed by atoms with Gasteiger partial charge in [0.1, 0.15) is 11.6 Å². The highest BCUT2D eigenvalue weighted by Gasteiger charge is 2.11. The quantitative estimate of drug-likeness (QED) is 0.780. The van der Waals surface area contributed by atoms with E-state index < -0.39 is 0 Å². The molecule has 1 aromatic carbocycles. The molecule has 0 amide bonds. The van der Waals surface area contributed by atoms with Crippen molar-refractivity contribution in [2.24, 2.45) is 0 Å². The van der Waals surface area contributed by atoms with Gasteiger partial charge in [-0.25, -0.2) is 4.39 Å².